The first-order valence-corrected chi connectivity index (χ1v) is 9.24. The van der Waals surface area contributed by atoms with Crippen molar-refractivity contribution in [3.63, 3.8) is 0 Å². The summed E-state index contributed by atoms with van der Waals surface area (Å²) in [6, 6.07) is 9.06. The fraction of sp³-hybridized carbons (Fsp3) is 0.188. The SMILES string of the molecule is CC(=O)SCC(=O)N(Cc1ccco1)c1nc2c(Cl)cccc2s1. The van der Waals surface area contributed by atoms with E-state index in [1.807, 2.05) is 12.1 Å². The Morgan fingerprint density at radius 2 is 2.17 bits per heavy atom. The number of carbonyl (C=O) groups excluding carboxylic acids is 2. The van der Waals surface area contributed by atoms with Gasteiger partial charge in [-0.15, -0.1) is 0 Å². The molecule has 8 heteroatoms. The number of aromatic nitrogens is 1. The van der Waals surface area contributed by atoms with Crippen LogP contribution in [-0.4, -0.2) is 21.8 Å². The van der Waals surface area contributed by atoms with Gasteiger partial charge < -0.3 is 4.42 Å². The highest BCUT2D eigenvalue weighted by atomic mass is 35.5. The van der Waals surface area contributed by atoms with Gasteiger partial charge in [0, 0.05) is 6.92 Å². The minimum absolute atomic E-state index is 0.0553. The molecular weight excluding hydrogens is 368 g/mol. The number of fused-ring (bicyclic) bond motifs is 1. The molecule has 24 heavy (non-hydrogen) atoms. The van der Waals surface area contributed by atoms with E-state index in [1.165, 1.54) is 23.2 Å². The van der Waals surface area contributed by atoms with Crippen molar-refractivity contribution in [2.45, 2.75) is 13.5 Å². The number of nitrogens with zero attached hydrogens (tertiary/aromatic N) is 2. The summed E-state index contributed by atoms with van der Waals surface area (Å²) in [6.45, 7) is 1.69. The summed E-state index contributed by atoms with van der Waals surface area (Å²) in [5, 5.41) is 0.968. The molecule has 0 unspecified atom stereocenters. The molecule has 0 atom stereocenters. The van der Waals surface area contributed by atoms with E-state index < -0.39 is 0 Å². The zero-order valence-corrected chi connectivity index (χ0v) is 15.1. The first-order chi connectivity index (χ1) is 11.5. The molecule has 3 aromatic rings. The highest BCUT2D eigenvalue weighted by Gasteiger charge is 2.22. The molecule has 0 aliphatic carbocycles. The Labute approximate surface area is 151 Å². The molecule has 0 saturated heterocycles. The van der Waals surface area contributed by atoms with E-state index in [0.717, 1.165) is 16.5 Å². The molecule has 0 N–H and O–H groups in total. The van der Waals surface area contributed by atoms with Crippen molar-refractivity contribution in [2.24, 2.45) is 0 Å². The summed E-state index contributed by atoms with van der Waals surface area (Å²) in [5.41, 5.74) is 0.663. The summed E-state index contributed by atoms with van der Waals surface area (Å²) in [6.07, 6.45) is 1.55. The number of rotatable bonds is 5. The Kier molecular flexibility index (Phi) is 5.23. The Morgan fingerprint density at radius 1 is 1.33 bits per heavy atom. The van der Waals surface area contributed by atoms with E-state index in [0.29, 0.717) is 21.4 Å². The summed E-state index contributed by atoms with van der Waals surface area (Å²) < 4.78 is 6.24. The normalized spacial score (nSPS) is 10.9. The molecule has 0 fully saturated rings. The summed E-state index contributed by atoms with van der Waals surface area (Å²) in [7, 11) is 0. The lowest BCUT2D eigenvalue weighted by Crippen LogP contribution is -2.32. The molecule has 3 rings (SSSR count). The van der Waals surface area contributed by atoms with Gasteiger partial charge >= 0.3 is 0 Å². The molecule has 2 heterocycles. The van der Waals surface area contributed by atoms with Gasteiger partial charge in [-0.3, -0.25) is 14.5 Å². The van der Waals surface area contributed by atoms with Crippen molar-refractivity contribution in [3.05, 3.63) is 47.4 Å². The van der Waals surface area contributed by atoms with Gasteiger partial charge in [-0.25, -0.2) is 4.98 Å². The number of halogens is 1. The predicted molar refractivity (Wildman–Crippen MR) is 97.7 cm³/mol. The van der Waals surface area contributed by atoms with Crippen molar-refractivity contribution >= 4 is 61.1 Å². The lowest BCUT2D eigenvalue weighted by molar-refractivity contribution is -0.116. The second kappa shape index (κ2) is 7.38. The average Bonchev–Trinajstić information content (AvgIpc) is 3.20. The number of hydrogen-bond donors (Lipinski definition) is 0. The van der Waals surface area contributed by atoms with Gasteiger partial charge in [0.15, 0.2) is 10.2 Å². The highest BCUT2D eigenvalue weighted by Crippen LogP contribution is 2.33. The monoisotopic (exact) mass is 380 g/mol. The number of carbonyl (C=O) groups is 2. The predicted octanol–water partition coefficient (Wildman–Crippen LogP) is 4.36. The van der Waals surface area contributed by atoms with Crippen LogP contribution in [0.25, 0.3) is 10.2 Å². The number of amides is 1. The Bertz CT molecular complexity index is 877. The molecule has 0 saturated carbocycles. The average molecular weight is 381 g/mol. The van der Waals surface area contributed by atoms with Crippen LogP contribution in [-0.2, 0) is 16.1 Å². The maximum absolute atomic E-state index is 12.6. The molecule has 1 aromatic carbocycles. The van der Waals surface area contributed by atoms with E-state index in [2.05, 4.69) is 4.98 Å². The second-order valence-electron chi connectivity index (χ2n) is 4.92. The first kappa shape index (κ1) is 17.0. The van der Waals surface area contributed by atoms with Gasteiger partial charge in [-0.1, -0.05) is 40.8 Å². The minimum Gasteiger partial charge on any atom is -0.467 e. The third-order valence-electron chi connectivity index (χ3n) is 3.18. The Hall–Kier alpha value is -1.83. The van der Waals surface area contributed by atoms with Crippen molar-refractivity contribution < 1.29 is 14.0 Å². The van der Waals surface area contributed by atoms with Gasteiger partial charge in [-0.2, -0.15) is 0 Å². The van der Waals surface area contributed by atoms with E-state index in [1.54, 1.807) is 24.5 Å². The van der Waals surface area contributed by atoms with Crippen LogP contribution in [0.5, 0.6) is 0 Å². The number of thioether (sulfide) groups is 1. The molecular formula is C16H13ClN2O3S2. The molecule has 0 aliphatic heterocycles. The molecule has 5 nitrogen and oxygen atoms in total. The molecule has 124 valence electrons. The van der Waals surface area contributed by atoms with Crippen molar-refractivity contribution in [1.29, 1.82) is 0 Å². The number of para-hydroxylation sites is 1. The molecule has 2 aromatic heterocycles. The van der Waals surface area contributed by atoms with Gasteiger partial charge in [0.2, 0.25) is 5.91 Å². The van der Waals surface area contributed by atoms with Gasteiger partial charge in [-0.05, 0) is 24.3 Å². The van der Waals surface area contributed by atoms with E-state index in [9.17, 15) is 9.59 Å². The van der Waals surface area contributed by atoms with E-state index in [4.69, 9.17) is 16.0 Å². The molecule has 0 radical (unpaired) electrons. The van der Waals surface area contributed by atoms with E-state index >= 15 is 0 Å². The molecule has 0 bridgehead atoms. The summed E-state index contributed by atoms with van der Waals surface area (Å²) in [4.78, 5) is 29.8. The molecule has 0 spiro atoms. The fourth-order valence-corrected chi connectivity index (χ4v) is 3.85. The van der Waals surface area contributed by atoms with Crippen molar-refractivity contribution in [3.8, 4) is 0 Å². The Balaban J connectivity index is 1.93. The van der Waals surface area contributed by atoms with Crippen molar-refractivity contribution in [2.75, 3.05) is 10.7 Å². The third-order valence-corrected chi connectivity index (χ3v) is 5.33. The van der Waals surface area contributed by atoms with Crippen LogP contribution in [0.2, 0.25) is 5.02 Å². The van der Waals surface area contributed by atoms with Crippen LogP contribution < -0.4 is 4.90 Å². The zero-order chi connectivity index (χ0) is 17.1. The van der Waals surface area contributed by atoms with Crippen LogP contribution in [0.15, 0.2) is 41.0 Å². The number of hydrogen-bond acceptors (Lipinski definition) is 6. The third kappa shape index (κ3) is 3.80. The maximum atomic E-state index is 12.6. The summed E-state index contributed by atoms with van der Waals surface area (Å²) in [5.74, 6) is 0.489. The number of anilines is 1. The minimum atomic E-state index is -0.207. The fourth-order valence-electron chi connectivity index (χ4n) is 2.08. The molecule has 0 aliphatic rings. The topological polar surface area (TPSA) is 63.4 Å². The van der Waals surface area contributed by atoms with Crippen LogP contribution in [0.3, 0.4) is 0 Å². The number of benzene rings is 1. The van der Waals surface area contributed by atoms with Crippen LogP contribution in [0.4, 0.5) is 5.13 Å². The maximum Gasteiger partial charge on any atom is 0.239 e. The standard InChI is InChI=1S/C16H13ClN2O3S2/c1-10(20)23-9-14(21)19(8-11-4-3-7-22-11)16-18-15-12(17)5-2-6-13(15)24-16/h2-7H,8-9H2,1H3. The van der Waals surface area contributed by atoms with Crippen LogP contribution in [0, 0.1) is 0 Å². The number of furan rings is 1. The Morgan fingerprint density at radius 3 is 2.83 bits per heavy atom. The quantitative estimate of drug-likeness (QED) is 0.658. The van der Waals surface area contributed by atoms with Gasteiger partial charge in [0.25, 0.3) is 0 Å². The van der Waals surface area contributed by atoms with Gasteiger partial charge in [0.05, 0.1) is 28.3 Å². The summed E-state index contributed by atoms with van der Waals surface area (Å²) >= 11 is 8.53. The van der Waals surface area contributed by atoms with Crippen molar-refractivity contribution in [1.82, 2.24) is 4.98 Å². The second-order valence-corrected chi connectivity index (χ2v) is 7.49. The zero-order valence-electron chi connectivity index (χ0n) is 12.7. The van der Waals surface area contributed by atoms with Crippen LogP contribution >= 0.6 is 34.7 Å². The lowest BCUT2D eigenvalue weighted by Gasteiger charge is -2.18. The lowest BCUT2D eigenvalue weighted by atomic mass is 10.3. The highest BCUT2D eigenvalue weighted by molar-refractivity contribution is 8.14. The largest absolute Gasteiger partial charge is 0.467 e. The smallest absolute Gasteiger partial charge is 0.239 e. The van der Waals surface area contributed by atoms with Gasteiger partial charge in [0.1, 0.15) is 11.3 Å². The van der Waals surface area contributed by atoms with E-state index in [-0.39, 0.29) is 23.3 Å². The molecule has 1 amide bonds. The van der Waals surface area contributed by atoms with Crippen LogP contribution in [0.1, 0.15) is 12.7 Å². The first-order valence-electron chi connectivity index (χ1n) is 7.06. The number of thiazole rings is 1.